The number of pyridine rings is 1. The first kappa shape index (κ1) is 26.2. The zero-order valence-electron chi connectivity index (χ0n) is 20.6. The number of hydrogen-bond donors (Lipinski definition) is 2. The molecule has 2 aromatic rings. The van der Waals surface area contributed by atoms with Crippen molar-refractivity contribution in [2.24, 2.45) is 17.6 Å². The van der Waals surface area contributed by atoms with Crippen molar-refractivity contribution in [3.8, 4) is 5.75 Å². The second-order valence-corrected chi connectivity index (χ2v) is 11.5. The summed E-state index contributed by atoms with van der Waals surface area (Å²) in [6.45, 7) is 2.84. The first-order valence-electron chi connectivity index (χ1n) is 12.9. The van der Waals surface area contributed by atoms with Gasteiger partial charge in [-0.15, -0.1) is 0 Å². The van der Waals surface area contributed by atoms with Crippen LogP contribution in [0.1, 0.15) is 63.0 Å². The molecule has 3 N–H and O–H groups in total. The van der Waals surface area contributed by atoms with Gasteiger partial charge in [0.2, 0.25) is 0 Å². The van der Waals surface area contributed by atoms with Crippen molar-refractivity contribution in [2.75, 3.05) is 32.5 Å². The van der Waals surface area contributed by atoms with E-state index in [0.717, 1.165) is 43.5 Å². The number of carboxylic acids is 1. The Morgan fingerprint density at radius 1 is 1.31 bits per heavy atom. The SMILES string of the molecule is COc1ccc2ncc(F)c([C@@H](N)CC[C@@H]3CCN(CCSC4CCCC4)C[C@@H]3CC(=O)O)c2c1. The number of aromatic nitrogens is 1. The van der Waals surface area contributed by atoms with E-state index in [2.05, 4.69) is 21.6 Å². The summed E-state index contributed by atoms with van der Waals surface area (Å²) in [7, 11) is 1.58. The maximum atomic E-state index is 14.8. The molecule has 35 heavy (non-hydrogen) atoms. The van der Waals surface area contributed by atoms with Crippen LogP contribution in [0.3, 0.4) is 0 Å². The van der Waals surface area contributed by atoms with E-state index in [1.165, 1.54) is 31.9 Å². The van der Waals surface area contributed by atoms with Crippen LogP contribution in [0.4, 0.5) is 4.39 Å². The minimum absolute atomic E-state index is 0.101. The monoisotopic (exact) mass is 503 g/mol. The van der Waals surface area contributed by atoms with E-state index in [-0.39, 0.29) is 18.3 Å². The molecule has 2 heterocycles. The van der Waals surface area contributed by atoms with Gasteiger partial charge >= 0.3 is 5.97 Å². The van der Waals surface area contributed by atoms with Crippen molar-refractivity contribution in [2.45, 2.75) is 62.7 Å². The Balaban J connectivity index is 1.37. The molecule has 1 saturated carbocycles. The van der Waals surface area contributed by atoms with Gasteiger partial charge in [0.25, 0.3) is 0 Å². The van der Waals surface area contributed by atoms with Crippen LogP contribution in [-0.4, -0.2) is 58.7 Å². The first-order valence-corrected chi connectivity index (χ1v) is 13.9. The molecule has 6 nitrogen and oxygen atoms in total. The predicted octanol–water partition coefficient (Wildman–Crippen LogP) is 5.25. The third-order valence-electron chi connectivity index (χ3n) is 7.76. The predicted molar refractivity (Wildman–Crippen MR) is 139 cm³/mol. The van der Waals surface area contributed by atoms with Gasteiger partial charge in [0.15, 0.2) is 0 Å². The number of piperidine rings is 1. The van der Waals surface area contributed by atoms with Crippen molar-refractivity contribution in [1.82, 2.24) is 9.88 Å². The Labute approximate surface area is 211 Å². The molecule has 2 aliphatic rings. The Morgan fingerprint density at radius 2 is 2.11 bits per heavy atom. The average Bonchev–Trinajstić information content (AvgIpc) is 3.36. The number of nitrogens with zero attached hydrogens (tertiary/aromatic N) is 2. The summed E-state index contributed by atoms with van der Waals surface area (Å²) < 4.78 is 20.1. The highest BCUT2D eigenvalue weighted by Crippen LogP contribution is 2.35. The molecular formula is C27H38FN3O3S. The average molecular weight is 504 g/mol. The molecule has 3 atom stereocenters. The molecule has 0 radical (unpaired) electrons. The highest BCUT2D eigenvalue weighted by atomic mass is 32.2. The van der Waals surface area contributed by atoms with Crippen LogP contribution < -0.4 is 10.5 Å². The number of hydrogen-bond acceptors (Lipinski definition) is 6. The molecule has 1 saturated heterocycles. The van der Waals surface area contributed by atoms with Gasteiger partial charge in [-0.1, -0.05) is 12.8 Å². The number of ether oxygens (including phenoxy) is 1. The van der Waals surface area contributed by atoms with Crippen LogP contribution in [0.15, 0.2) is 24.4 Å². The van der Waals surface area contributed by atoms with Gasteiger partial charge in [-0.3, -0.25) is 9.78 Å². The molecule has 1 aliphatic carbocycles. The number of aliphatic carboxylic acids is 1. The fraction of sp³-hybridized carbons (Fsp3) is 0.630. The van der Waals surface area contributed by atoms with Gasteiger partial charge in [0.05, 0.1) is 18.8 Å². The second-order valence-electron chi connectivity index (χ2n) is 10.1. The molecule has 4 rings (SSSR count). The van der Waals surface area contributed by atoms with E-state index in [1.807, 2.05) is 6.07 Å². The first-order chi connectivity index (χ1) is 16.9. The van der Waals surface area contributed by atoms with Gasteiger partial charge in [-0.2, -0.15) is 11.8 Å². The number of methoxy groups -OCH3 is 1. The van der Waals surface area contributed by atoms with E-state index in [1.54, 1.807) is 19.2 Å². The summed E-state index contributed by atoms with van der Waals surface area (Å²) in [5.41, 5.74) is 7.68. The zero-order valence-corrected chi connectivity index (χ0v) is 21.4. The minimum atomic E-state index is -0.746. The topological polar surface area (TPSA) is 88.7 Å². The number of benzene rings is 1. The van der Waals surface area contributed by atoms with Crippen molar-refractivity contribution in [3.63, 3.8) is 0 Å². The summed E-state index contributed by atoms with van der Waals surface area (Å²) in [4.78, 5) is 18.2. The molecule has 0 unspecified atom stereocenters. The van der Waals surface area contributed by atoms with E-state index in [0.29, 0.717) is 28.6 Å². The quantitative estimate of drug-likeness (QED) is 0.433. The molecule has 1 aromatic carbocycles. The normalized spacial score (nSPS) is 22.5. The minimum Gasteiger partial charge on any atom is -0.497 e. The van der Waals surface area contributed by atoms with Gasteiger partial charge in [0, 0.05) is 47.5 Å². The van der Waals surface area contributed by atoms with Crippen LogP contribution >= 0.6 is 11.8 Å². The Kier molecular flexibility index (Phi) is 9.25. The third-order valence-corrected chi connectivity index (χ3v) is 9.12. The molecule has 192 valence electrons. The van der Waals surface area contributed by atoms with E-state index in [4.69, 9.17) is 10.5 Å². The largest absolute Gasteiger partial charge is 0.497 e. The number of carboxylic acid groups (broad SMARTS) is 1. The zero-order chi connectivity index (χ0) is 24.8. The number of halogens is 1. The molecular weight excluding hydrogens is 465 g/mol. The lowest BCUT2D eigenvalue weighted by atomic mass is 9.79. The van der Waals surface area contributed by atoms with E-state index in [9.17, 15) is 14.3 Å². The maximum Gasteiger partial charge on any atom is 0.303 e. The van der Waals surface area contributed by atoms with Gasteiger partial charge < -0.3 is 20.5 Å². The molecule has 1 aliphatic heterocycles. The summed E-state index contributed by atoms with van der Waals surface area (Å²) in [6.07, 6.45) is 9.17. The fourth-order valence-corrected chi connectivity index (χ4v) is 7.17. The van der Waals surface area contributed by atoms with Crippen LogP contribution in [-0.2, 0) is 4.79 Å². The maximum absolute atomic E-state index is 14.8. The number of fused-ring (bicyclic) bond motifs is 1. The van der Waals surface area contributed by atoms with Crippen molar-refractivity contribution in [3.05, 3.63) is 35.8 Å². The van der Waals surface area contributed by atoms with Crippen LogP contribution in [0.25, 0.3) is 10.9 Å². The number of likely N-dealkylation sites (tertiary alicyclic amines) is 1. The Bertz CT molecular complexity index is 1000. The van der Waals surface area contributed by atoms with Gasteiger partial charge in [-0.25, -0.2) is 4.39 Å². The summed E-state index contributed by atoms with van der Waals surface area (Å²) >= 11 is 2.09. The summed E-state index contributed by atoms with van der Waals surface area (Å²) in [6, 6.07) is 4.92. The lowest BCUT2D eigenvalue weighted by Crippen LogP contribution is -2.42. The number of rotatable bonds is 11. The van der Waals surface area contributed by atoms with Crippen LogP contribution in [0.2, 0.25) is 0 Å². The fourth-order valence-electron chi connectivity index (χ4n) is 5.81. The van der Waals surface area contributed by atoms with Gasteiger partial charge in [-0.05, 0) is 68.7 Å². The number of nitrogens with two attached hydrogens (primary N) is 1. The van der Waals surface area contributed by atoms with Gasteiger partial charge in [0.1, 0.15) is 11.6 Å². The molecule has 0 bridgehead atoms. The Hall–Kier alpha value is -1.90. The smallest absolute Gasteiger partial charge is 0.303 e. The highest BCUT2D eigenvalue weighted by molar-refractivity contribution is 7.99. The lowest BCUT2D eigenvalue weighted by molar-refractivity contribution is -0.139. The van der Waals surface area contributed by atoms with E-state index >= 15 is 0 Å². The molecule has 1 aromatic heterocycles. The highest BCUT2D eigenvalue weighted by Gasteiger charge is 2.31. The summed E-state index contributed by atoms with van der Waals surface area (Å²) in [5.74, 6) is 0.987. The summed E-state index contributed by atoms with van der Waals surface area (Å²) in [5, 5.41) is 11.0. The van der Waals surface area contributed by atoms with Crippen molar-refractivity contribution < 1.29 is 19.0 Å². The second kappa shape index (κ2) is 12.4. The standard InChI is InChI=1S/C27H38FN3O3S/c1-34-20-7-9-25-22(15-20)27(23(28)16-30-25)24(29)8-6-18-10-11-31(17-19(18)14-26(32)33)12-13-35-21-4-2-3-5-21/h7,9,15-16,18-19,21,24H,2-6,8,10-14,17,29H2,1H3,(H,32,33)/t18-,19+,24+/m1/s1. The molecule has 0 amide bonds. The van der Waals surface area contributed by atoms with Crippen LogP contribution in [0.5, 0.6) is 5.75 Å². The Morgan fingerprint density at radius 3 is 2.86 bits per heavy atom. The molecule has 8 heteroatoms. The molecule has 0 spiro atoms. The van der Waals surface area contributed by atoms with Crippen molar-refractivity contribution >= 4 is 28.6 Å². The van der Waals surface area contributed by atoms with E-state index < -0.39 is 17.8 Å². The third kappa shape index (κ3) is 6.86. The number of thioether (sulfide) groups is 1. The number of carbonyl (C=O) groups is 1. The van der Waals surface area contributed by atoms with Crippen LogP contribution in [0, 0.1) is 17.7 Å². The van der Waals surface area contributed by atoms with Crippen molar-refractivity contribution in [1.29, 1.82) is 0 Å². The molecule has 2 fully saturated rings. The lowest BCUT2D eigenvalue weighted by Gasteiger charge is -2.38.